The van der Waals surface area contributed by atoms with Gasteiger partial charge in [-0.1, -0.05) is 34.1 Å². The van der Waals surface area contributed by atoms with Crippen molar-refractivity contribution in [1.29, 1.82) is 0 Å². The van der Waals surface area contributed by atoms with Crippen LogP contribution in [0, 0.1) is 5.41 Å². The van der Waals surface area contributed by atoms with Gasteiger partial charge in [-0.15, -0.1) is 0 Å². The maximum Gasteiger partial charge on any atom is 0.251 e. The van der Waals surface area contributed by atoms with Gasteiger partial charge in [-0.05, 0) is 30.4 Å². The molecule has 4 heteroatoms. The Balaban J connectivity index is 2.73. The van der Waals surface area contributed by atoms with Gasteiger partial charge >= 0.3 is 0 Å². The Hall–Kier alpha value is -1.58. The first-order chi connectivity index (χ1) is 9.35. The first-order valence-corrected chi connectivity index (χ1v) is 7.32. The lowest BCUT2D eigenvalue weighted by Gasteiger charge is -2.18. The van der Waals surface area contributed by atoms with Crippen molar-refractivity contribution in [2.45, 2.75) is 47.0 Å². The van der Waals surface area contributed by atoms with Crippen LogP contribution < -0.4 is 10.6 Å². The molecule has 1 rings (SSSR count). The topological polar surface area (TPSA) is 54.0 Å². The van der Waals surface area contributed by atoms with Crippen LogP contribution >= 0.6 is 0 Å². The van der Waals surface area contributed by atoms with E-state index >= 15 is 0 Å². The summed E-state index contributed by atoms with van der Waals surface area (Å²) in [4.78, 5) is 16.6. The molecule has 1 aromatic rings. The highest BCUT2D eigenvalue weighted by molar-refractivity contribution is 5.95. The SMILES string of the molecule is CCCc1cc(C(=O)NCCC(C)(C)C)cc(NC)n1. The summed E-state index contributed by atoms with van der Waals surface area (Å²) in [5.74, 6) is 0.724. The largest absolute Gasteiger partial charge is 0.373 e. The lowest BCUT2D eigenvalue weighted by molar-refractivity contribution is 0.0949. The number of carbonyl (C=O) groups excluding carboxylic acids is 1. The summed E-state index contributed by atoms with van der Waals surface area (Å²) in [6, 6.07) is 3.68. The summed E-state index contributed by atoms with van der Waals surface area (Å²) in [6.45, 7) is 9.32. The third-order valence-corrected chi connectivity index (χ3v) is 3.06. The molecule has 0 unspecified atom stereocenters. The summed E-state index contributed by atoms with van der Waals surface area (Å²) in [5.41, 5.74) is 1.87. The molecule has 1 amide bonds. The number of aryl methyl sites for hydroxylation is 1. The van der Waals surface area contributed by atoms with E-state index in [0.29, 0.717) is 12.1 Å². The van der Waals surface area contributed by atoms with Crippen molar-refractivity contribution in [1.82, 2.24) is 10.3 Å². The zero-order chi connectivity index (χ0) is 15.2. The first-order valence-electron chi connectivity index (χ1n) is 7.32. The minimum Gasteiger partial charge on any atom is -0.373 e. The summed E-state index contributed by atoms with van der Waals surface area (Å²) in [5, 5.41) is 5.99. The molecule has 0 fully saturated rings. The number of nitrogens with zero attached hydrogens (tertiary/aromatic N) is 1. The van der Waals surface area contributed by atoms with E-state index in [2.05, 4.69) is 43.3 Å². The van der Waals surface area contributed by atoms with E-state index < -0.39 is 0 Å². The van der Waals surface area contributed by atoms with Crippen molar-refractivity contribution in [2.75, 3.05) is 18.9 Å². The summed E-state index contributed by atoms with van der Waals surface area (Å²) in [6.07, 6.45) is 2.87. The standard InChI is InChI=1S/C16H27N3O/c1-6-7-13-10-12(11-14(17-5)19-13)15(20)18-9-8-16(2,3)4/h10-11H,6-9H2,1-5H3,(H,17,19)(H,18,20). The Bertz CT molecular complexity index is 450. The van der Waals surface area contributed by atoms with E-state index in [0.717, 1.165) is 30.8 Å². The van der Waals surface area contributed by atoms with Gasteiger partial charge in [0.05, 0.1) is 0 Å². The third kappa shape index (κ3) is 5.59. The molecular formula is C16H27N3O. The predicted octanol–water partition coefficient (Wildman–Crippen LogP) is 3.24. The van der Waals surface area contributed by atoms with Crippen LogP contribution in [0.2, 0.25) is 0 Å². The molecule has 4 nitrogen and oxygen atoms in total. The van der Waals surface area contributed by atoms with E-state index in [9.17, 15) is 4.79 Å². The Morgan fingerprint density at radius 1 is 1.30 bits per heavy atom. The number of anilines is 1. The molecule has 0 atom stereocenters. The summed E-state index contributed by atoms with van der Waals surface area (Å²) < 4.78 is 0. The zero-order valence-corrected chi connectivity index (χ0v) is 13.3. The zero-order valence-electron chi connectivity index (χ0n) is 13.3. The monoisotopic (exact) mass is 277 g/mol. The minimum atomic E-state index is -0.0227. The van der Waals surface area contributed by atoms with Gasteiger partial charge in [-0.25, -0.2) is 4.98 Å². The van der Waals surface area contributed by atoms with Crippen molar-refractivity contribution < 1.29 is 4.79 Å². The van der Waals surface area contributed by atoms with Crippen LogP contribution in [-0.4, -0.2) is 24.5 Å². The van der Waals surface area contributed by atoms with Crippen LogP contribution in [0.25, 0.3) is 0 Å². The summed E-state index contributed by atoms with van der Waals surface area (Å²) >= 11 is 0. The molecule has 0 aliphatic rings. The van der Waals surface area contributed by atoms with Crippen molar-refractivity contribution >= 4 is 11.7 Å². The molecular weight excluding hydrogens is 250 g/mol. The van der Waals surface area contributed by atoms with Crippen molar-refractivity contribution in [3.05, 3.63) is 23.4 Å². The second kappa shape index (κ2) is 7.27. The molecule has 0 spiro atoms. The molecule has 0 saturated carbocycles. The molecule has 0 radical (unpaired) electrons. The normalized spacial score (nSPS) is 11.2. The molecule has 1 aromatic heterocycles. The first kappa shape index (κ1) is 16.5. The van der Waals surface area contributed by atoms with E-state index in [1.54, 1.807) is 6.07 Å². The van der Waals surface area contributed by atoms with Crippen LogP contribution in [0.3, 0.4) is 0 Å². The van der Waals surface area contributed by atoms with Gasteiger partial charge < -0.3 is 10.6 Å². The highest BCUT2D eigenvalue weighted by Gasteiger charge is 2.12. The number of rotatable bonds is 6. The number of pyridine rings is 1. The number of hydrogen-bond acceptors (Lipinski definition) is 3. The molecule has 2 N–H and O–H groups in total. The quantitative estimate of drug-likeness (QED) is 0.839. The van der Waals surface area contributed by atoms with Crippen molar-refractivity contribution in [3.63, 3.8) is 0 Å². The molecule has 0 aliphatic carbocycles. The number of hydrogen-bond donors (Lipinski definition) is 2. The Morgan fingerprint density at radius 2 is 2.00 bits per heavy atom. The minimum absolute atomic E-state index is 0.0227. The third-order valence-electron chi connectivity index (χ3n) is 3.06. The van der Waals surface area contributed by atoms with Crippen LogP contribution in [-0.2, 0) is 6.42 Å². The van der Waals surface area contributed by atoms with Gasteiger partial charge in [0.25, 0.3) is 5.91 Å². The molecule has 0 saturated heterocycles. The fourth-order valence-electron chi connectivity index (χ4n) is 1.88. The average Bonchev–Trinajstić information content (AvgIpc) is 2.37. The predicted molar refractivity (Wildman–Crippen MR) is 84.2 cm³/mol. The molecule has 112 valence electrons. The number of nitrogens with one attached hydrogen (secondary N) is 2. The maximum atomic E-state index is 12.2. The van der Waals surface area contributed by atoms with Gasteiger partial charge in [0.2, 0.25) is 0 Å². The van der Waals surface area contributed by atoms with Crippen molar-refractivity contribution in [3.8, 4) is 0 Å². The van der Waals surface area contributed by atoms with Gasteiger partial charge in [0.1, 0.15) is 5.82 Å². The Morgan fingerprint density at radius 3 is 2.55 bits per heavy atom. The second-order valence-electron chi connectivity index (χ2n) is 6.30. The van der Waals surface area contributed by atoms with Gasteiger partial charge in [-0.3, -0.25) is 4.79 Å². The lowest BCUT2D eigenvalue weighted by atomic mass is 9.92. The number of aromatic nitrogens is 1. The molecule has 0 aromatic carbocycles. The summed E-state index contributed by atoms with van der Waals surface area (Å²) in [7, 11) is 1.82. The van der Waals surface area contributed by atoms with Crippen molar-refractivity contribution in [2.24, 2.45) is 5.41 Å². The Labute approximate surface area is 122 Å². The van der Waals surface area contributed by atoms with Gasteiger partial charge in [-0.2, -0.15) is 0 Å². The van der Waals surface area contributed by atoms with E-state index in [1.165, 1.54) is 0 Å². The fourth-order valence-corrected chi connectivity index (χ4v) is 1.88. The smallest absolute Gasteiger partial charge is 0.251 e. The van der Waals surface area contributed by atoms with Gasteiger partial charge in [0, 0.05) is 24.8 Å². The number of carbonyl (C=O) groups is 1. The Kier molecular flexibility index (Phi) is 5.99. The van der Waals surface area contributed by atoms with Crippen LogP contribution in [0.15, 0.2) is 12.1 Å². The average molecular weight is 277 g/mol. The second-order valence-corrected chi connectivity index (χ2v) is 6.30. The molecule has 0 aliphatic heterocycles. The highest BCUT2D eigenvalue weighted by atomic mass is 16.1. The maximum absolute atomic E-state index is 12.2. The van der Waals surface area contributed by atoms with E-state index in [1.807, 2.05) is 13.1 Å². The fraction of sp³-hybridized carbons (Fsp3) is 0.625. The van der Waals surface area contributed by atoms with Crippen LogP contribution in [0.4, 0.5) is 5.82 Å². The van der Waals surface area contributed by atoms with Crippen LogP contribution in [0.1, 0.15) is 56.6 Å². The van der Waals surface area contributed by atoms with Gasteiger partial charge in [0.15, 0.2) is 0 Å². The molecule has 0 bridgehead atoms. The van der Waals surface area contributed by atoms with E-state index in [-0.39, 0.29) is 11.3 Å². The van der Waals surface area contributed by atoms with E-state index in [4.69, 9.17) is 0 Å². The highest BCUT2D eigenvalue weighted by Crippen LogP contribution is 2.17. The molecule has 20 heavy (non-hydrogen) atoms. The molecule has 1 heterocycles. The van der Waals surface area contributed by atoms with Crippen LogP contribution in [0.5, 0.6) is 0 Å². The number of amides is 1. The lowest BCUT2D eigenvalue weighted by Crippen LogP contribution is -2.27.